The number of hydrogen-bond acceptors (Lipinski definition) is 3. The molecule has 0 heterocycles. The molecule has 0 saturated carbocycles. The number of hydrogen-bond donors (Lipinski definition) is 1. The van der Waals surface area contributed by atoms with Crippen LogP contribution in [0.5, 0.6) is 0 Å². The van der Waals surface area contributed by atoms with Gasteiger partial charge in [0.1, 0.15) is 0 Å². The summed E-state index contributed by atoms with van der Waals surface area (Å²) in [6, 6.07) is 5.80. The number of carbonyl (C=O) groups excluding carboxylic acids is 1. The molecule has 1 rings (SSSR count). The number of rotatable bonds is 3. The van der Waals surface area contributed by atoms with Crippen molar-refractivity contribution in [2.75, 3.05) is 12.8 Å². The molecule has 1 aromatic rings. The minimum absolute atomic E-state index is 0.00477. The van der Waals surface area contributed by atoms with E-state index in [-0.39, 0.29) is 12.3 Å². The Labute approximate surface area is 82.5 Å². The number of aryl methyl sites for hydroxylation is 1. The maximum Gasteiger partial charge on any atom is 0.176 e. The van der Waals surface area contributed by atoms with Gasteiger partial charge in [-0.3, -0.25) is 4.79 Å². The van der Waals surface area contributed by atoms with E-state index in [1.165, 1.54) is 4.90 Å². The van der Waals surface area contributed by atoms with Crippen LogP contribution in [0, 0.1) is 6.92 Å². The van der Waals surface area contributed by atoms with Gasteiger partial charge in [0.05, 0.1) is 6.54 Å². The van der Waals surface area contributed by atoms with Crippen LogP contribution >= 0.6 is 11.8 Å². The molecule has 0 radical (unpaired) electrons. The molecule has 0 unspecified atom stereocenters. The topological polar surface area (TPSA) is 43.1 Å². The molecule has 0 aliphatic rings. The number of carbonyl (C=O) groups is 1. The summed E-state index contributed by atoms with van der Waals surface area (Å²) in [7, 11) is 0. The minimum Gasteiger partial charge on any atom is -0.324 e. The summed E-state index contributed by atoms with van der Waals surface area (Å²) in [5.41, 5.74) is 7.03. The van der Waals surface area contributed by atoms with Gasteiger partial charge >= 0.3 is 0 Å². The average molecular weight is 195 g/mol. The van der Waals surface area contributed by atoms with E-state index in [0.717, 1.165) is 11.1 Å². The third kappa shape index (κ3) is 2.32. The summed E-state index contributed by atoms with van der Waals surface area (Å²) in [6.07, 6.45) is 2.01. The van der Waals surface area contributed by atoms with Crippen molar-refractivity contribution < 1.29 is 4.79 Å². The summed E-state index contributed by atoms with van der Waals surface area (Å²) < 4.78 is 0. The molecule has 13 heavy (non-hydrogen) atoms. The first-order valence-corrected chi connectivity index (χ1v) is 5.29. The Morgan fingerprint density at radius 3 is 2.69 bits per heavy atom. The van der Waals surface area contributed by atoms with E-state index in [1.807, 2.05) is 31.4 Å². The van der Waals surface area contributed by atoms with Crippen molar-refractivity contribution in [3.05, 3.63) is 29.3 Å². The fraction of sp³-hybridized carbons (Fsp3) is 0.300. The van der Waals surface area contributed by atoms with Crippen LogP contribution in [0.15, 0.2) is 23.1 Å². The van der Waals surface area contributed by atoms with Gasteiger partial charge in [-0.25, -0.2) is 0 Å². The van der Waals surface area contributed by atoms with Crippen molar-refractivity contribution in [3.8, 4) is 0 Å². The summed E-state index contributed by atoms with van der Waals surface area (Å²) in [4.78, 5) is 12.5. The third-order valence-corrected chi connectivity index (χ3v) is 2.64. The maximum absolute atomic E-state index is 11.3. The van der Waals surface area contributed by atoms with Gasteiger partial charge in [0.25, 0.3) is 0 Å². The molecule has 1 aromatic carbocycles. The molecule has 0 bridgehead atoms. The normalized spacial score (nSPS) is 10.1. The second-order valence-electron chi connectivity index (χ2n) is 2.81. The van der Waals surface area contributed by atoms with Crippen molar-refractivity contribution in [1.82, 2.24) is 0 Å². The molecule has 0 saturated heterocycles. The van der Waals surface area contributed by atoms with E-state index in [1.54, 1.807) is 11.8 Å². The lowest BCUT2D eigenvalue weighted by molar-refractivity contribution is 0.100. The number of Topliss-reactive ketones (excluding diaryl/α,β-unsaturated/α-hetero) is 1. The Kier molecular flexibility index (Phi) is 3.51. The van der Waals surface area contributed by atoms with Crippen LogP contribution < -0.4 is 5.73 Å². The highest BCUT2D eigenvalue weighted by Crippen LogP contribution is 2.18. The highest BCUT2D eigenvalue weighted by molar-refractivity contribution is 7.98. The summed E-state index contributed by atoms with van der Waals surface area (Å²) in [6.45, 7) is 2.02. The van der Waals surface area contributed by atoms with Crippen molar-refractivity contribution in [2.24, 2.45) is 5.73 Å². The SMILES string of the molecule is CSc1ccc(C(=O)CN)c(C)c1. The van der Waals surface area contributed by atoms with Crippen LogP contribution in [0.25, 0.3) is 0 Å². The fourth-order valence-corrected chi connectivity index (χ4v) is 1.68. The van der Waals surface area contributed by atoms with Gasteiger partial charge in [-0.2, -0.15) is 0 Å². The standard InChI is InChI=1S/C10H13NOS/c1-7-5-8(13-2)3-4-9(7)10(12)6-11/h3-5H,6,11H2,1-2H3. The van der Waals surface area contributed by atoms with Gasteiger partial charge in [0.15, 0.2) is 5.78 Å². The highest BCUT2D eigenvalue weighted by atomic mass is 32.2. The molecular formula is C10H13NOS. The molecule has 0 aliphatic heterocycles. The molecule has 0 spiro atoms. The molecule has 0 aliphatic carbocycles. The monoisotopic (exact) mass is 195 g/mol. The molecule has 0 amide bonds. The second-order valence-corrected chi connectivity index (χ2v) is 3.69. The number of ketones is 1. The summed E-state index contributed by atoms with van der Waals surface area (Å²) in [5.74, 6) is 0.00477. The quantitative estimate of drug-likeness (QED) is 0.591. The van der Waals surface area contributed by atoms with Gasteiger partial charge in [0, 0.05) is 10.5 Å². The van der Waals surface area contributed by atoms with E-state index >= 15 is 0 Å². The first-order chi connectivity index (χ1) is 6.19. The van der Waals surface area contributed by atoms with E-state index in [9.17, 15) is 4.79 Å². The van der Waals surface area contributed by atoms with E-state index < -0.39 is 0 Å². The number of thioether (sulfide) groups is 1. The van der Waals surface area contributed by atoms with Crippen LogP contribution in [0.4, 0.5) is 0 Å². The van der Waals surface area contributed by atoms with E-state index in [0.29, 0.717) is 0 Å². The van der Waals surface area contributed by atoms with Crippen LogP contribution in [0.1, 0.15) is 15.9 Å². The lowest BCUT2D eigenvalue weighted by Gasteiger charge is -2.04. The Morgan fingerprint density at radius 1 is 1.54 bits per heavy atom. The van der Waals surface area contributed by atoms with Crippen molar-refractivity contribution in [1.29, 1.82) is 0 Å². The van der Waals surface area contributed by atoms with Crippen LogP contribution in [0.2, 0.25) is 0 Å². The van der Waals surface area contributed by atoms with Gasteiger partial charge in [-0.05, 0) is 36.9 Å². The Balaban J connectivity index is 3.05. The van der Waals surface area contributed by atoms with Crippen molar-refractivity contribution in [2.45, 2.75) is 11.8 Å². The largest absolute Gasteiger partial charge is 0.324 e. The minimum atomic E-state index is 0.00477. The predicted molar refractivity (Wildman–Crippen MR) is 56.3 cm³/mol. The average Bonchev–Trinajstić information content (AvgIpc) is 2.16. The molecule has 70 valence electrons. The third-order valence-electron chi connectivity index (χ3n) is 1.92. The zero-order valence-corrected chi connectivity index (χ0v) is 8.65. The molecule has 0 atom stereocenters. The summed E-state index contributed by atoms with van der Waals surface area (Å²) in [5, 5.41) is 0. The Hall–Kier alpha value is -0.800. The van der Waals surface area contributed by atoms with Crippen molar-refractivity contribution >= 4 is 17.5 Å². The zero-order valence-electron chi connectivity index (χ0n) is 7.83. The zero-order chi connectivity index (χ0) is 9.84. The number of benzene rings is 1. The molecular weight excluding hydrogens is 182 g/mol. The van der Waals surface area contributed by atoms with Crippen LogP contribution in [-0.2, 0) is 0 Å². The molecule has 3 heteroatoms. The van der Waals surface area contributed by atoms with Crippen LogP contribution in [-0.4, -0.2) is 18.6 Å². The number of nitrogens with two attached hydrogens (primary N) is 1. The first kappa shape index (κ1) is 10.3. The Bertz CT molecular complexity index is 323. The van der Waals surface area contributed by atoms with Crippen molar-refractivity contribution in [3.63, 3.8) is 0 Å². The highest BCUT2D eigenvalue weighted by Gasteiger charge is 2.06. The lowest BCUT2D eigenvalue weighted by atomic mass is 10.1. The maximum atomic E-state index is 11.3. The van der Waals surface area contributed by atoms with Gasteiger partial charge in [0.2, 0.25) is 0 Å². The van der Waals surface area contributed by atoms with Crippen LogP contribution in [0.3, 0.4) is 0 Å². The lowest BCUT2D eigenvalue weighted by Crippen LogP contribution is -2.14. The molecule has 0 fully saturated rings. The molecule has 0 aromatic heterocycles. The smallest absolute Gasteiger partial charge is 0.176 e. The molecule has 2 nitrogen and oxygen atoms in total. The van der Waals surface area contributed by atoms with E-state index in [4.69, 9.17) is 5.73 Å². The predicted octanol–water partition coefficient (Wildman–Crippen LogP) is 1.86. The fourth-order valence-electron chi connectivity index (χ4n) is 1.19. The molecule has 2 N–H and O–H groups in total. The second kappa shape index (κ2) is 4.44. The summed E-state index contributed by atoms with van der Waals surface area (Å²) >= 11 is 1.67. The first-order valence-electron chi connectivity index (χ1n) is 4.07. The van der Waals surface area contributed by atoms with E-state index in [2.05, 4.69) is 0 Å². The van der Waals surface area contributed by atoms with Gasteiger partial charge in [-0.1, -0.05) is 0 Å². The van der Waals surface area contributed by atoms with Gasteiger partial charge in [-0.15, -0.1) is 11.8 Å². The Morgan fingerprint density at radius 2 is 2.23 bits per heavy atom. The van der Waals surface area contributed by atoms with Gasteiger partial charge < -0.3 is 5.73 Å².